The van der Waals surface area contributed by atoms with Crippen molar-refractivity contribution in [3.05, 3.63) is 60.6 Å². The molecule has 2 aliphatic rings. The predicted molar refractivity (Wildman–Crippen MR) is 111 cm³/mol. The third kappa shape index (κ3) is 3.88. The van der Waals surface area contributed by atoms with Crippen LogP contribution in [0.25, 0.3) is 0 Å². The molecule has 1 atom stereocenters. The summed E-state index contributed by atoms with van der Waals surface area (Å²) in [6.45, 7) is 2.59. The van der Waals surface area contributed by atoms with Gasteiger partial charge in [-0.05, 0) is 30.3 Å². The number of hydrogen-bond acceptors (Lipinski definition) is 7. The van der Waals surface area contributed by atoms with Crippen LogP contribution in [0.5, 0.6) is 0 Å². The number of furan rings is 1. The van der Waals surface area contributed by atoms with Crippen molar-refractivity contribution in [1.29, 1.82) is 0 Å². The second-order valence-electron chi connectivity index (χ2n) is 7.63. The van der Waals surface area contributed by atoms with Crippen LogP contribution in [0.4, 0.5) is 20.6 Å². The van der Waals surface area contributed by atoms with Crippen molar-refractivity contribution in [2.75, 3.05) is 42.5 Å². The molecule has 0 radical (unpaired) electrons. The molecule has 3 aromatic rings. The topological polar surface area (TPSA) is 96.9 Å². The normalized spacial score (nSPS) is 18.8. The van der Waals surface area contributed by atoms with Crippen molar-refractivity contribution in [1.82, 2.24) is 19.9 Å². The molecule has 0 N–H and O–H groups in total. The van der Waals surface area contributed by atoms with Gasteiger partial charge in [0, 0.05) is 32.4 Å². The summed E-state index contributed by atoms with van der Waals surface area (Å²) in [6.07, 6.45) is 3.79. The fourth-order valence-corrected chi connectivity index (χ4v) is 3.99. The number of aromatic nitrogens is 3. The third-order valence-electron chi connectivity index (χ3n) is 5.62. The van der Waals surface area contributed by atoms with Gasteiger partial charge in [0.2, 0.25) is 0 Å². The van der Waals surface area contributed by atoms with Crippen molar-refractivity contribution in [3.63, 3.8) is 0 Å². The lowest BCUT2D eigenvalue weighted by molar-refractivity contribution is 0.0714. The van der Waals surface area contributed by atoms with Crippen LogP contribution in [-0.4, -0.2) is 70.7 Å². The largest absolute Gasteiger partial charge is 0.459 e. The molecule has 0 saturated carbocycles. The van der Waals surface area contributed by atoms with E-state index in [1.54, 1.807) is 46.2 Å². The van der Waals surface area contributed by atoms with Crippen LogP contribution in [0, 0.1) is 5.82 Å². The maximum absolute atomic E-state index is 15.0. The summed E-state index contributed by atoms with van der Waals surface area (Å²) in [7, 11) is 0. The van der Waals surface area contributed by atoms with Gasteiger partial charge in [-0.2, -0.15) is 0 Å². The number of ether oxygens (including phenoxy) is 1. The summed E-state index contributed by atoms with van der Waals surface area (Å²) in [6, 6.07) is 8.01. The summed E-state index contributed by atoms with van der Waals surface area (Å²) in [4.78, 5) is 29.7. The summed E-state index contributed by atoms with van der Waals surface area (Å²) in [5.41, 5.74) is 0.870. The van der Waals surface area contributed by atoms with E-state index in [0.717, 1.165) is 0 Å². The Kier molecular flexibility index (Phi) is 5.21. The molecule has 0 spiro atoms. The van der Waals surface area contributed by atoms with Crippen molar-refractivity contribution < 1.29 is 23.1 Å². The fraction of sp³-hybridized carbons (Fsp3) is 0.333. The highest BCUT2D eigenvalue weighted by Crippen LogP contribution is 2.29. The average Bonchev–Trinajstić information content (AvgIpc) is 3.56. The van der Waals surface area contributed by atoms with Gasteiger partial charge in [-0.1, -0.05) is 5.21 Å². The molecule has 2 fully saturated rings. The maximum atomic E-state index is 15.0. The molecule has 2 saturated heterocycles. The van der Waals surface area contributed by atoms with E-state index in [-0.39, 0.29) is 5.91 Å². The van der Waals surface area contributed by atoms with Crippen molar-refractivity contribution in [2.45, 2.75) is 12.6 Å². The van der Waals surface area contributed by atoms with Crippen LogP contribution in [0.3, 0.4) is 0 Å². The number of piperazine rings is 1. The molecular weight excluding hydrogens is 419 g/mol. The Morgan fingerprint density at radius 1 is 1.19 bits per heavy atom. The molecule has 2 aromatic heterocycles. The minimum absolute atomic E-state index is 0.168. The molecular formula is C21H21FN6O4. The predicted octanol–water partition coefficient (Wildman–Crippen LogP) is 2.00. The van der Waals surface area contributed by atoms with Gasteiger partial charge in [0.15, 0.2) is 5.76 Å². The number of rotatable bonds is 5. The van der Waals surface area contributed by atoms with Crippen LogP contribution in [0.15, 0.2) is 53.4 Å². The highest BCUT2D eigenvalue weighted by Gasteiger charge is 2.33. The van der Waals surface area contributed by atoms with Crippen molar-refractivity contribution in [3.8, 4) is 0 Å². The van der Waals surface area contributed by atoms with Gasteiger partial charge in [-0.25, -0.2) is 13.9 Å². The van der Waals surface area contributed by atoms with E-state index < -0.39 is 18.0 Å². The standard InChI is InChI=1S/C21H21FN6O4/c22-17-12-15(28-14-16(32-21(28)30)13-27-6-5-23-24-27)3-4-18(17)25-7-9-26(10-8-25)20(29)19-2-1-11-31-19/h1-6,11-12,16H,7-10,13-14H2/t16-/m0/s1. The first kappa shape index (κ1) is 20.0. The van der Waals surface area contributed by atoms with Gasteiger partial charge >= 0.3 is 6.09 Å². The third-order valence-corrected chi connectivity index (χ3v) is 5.62. The monoisotopic (exact) mass is 440 g/mol. The number of nitrogens with zero attached hydrogens (tertiary/aromatic N) is 6. The number of halogens is 1. The van der Waals surface area contributed by atoms with Crippen molar-refractivity contribution in [2.24, 2.45) is 0 Å². The van der Waals surface area contributed by atoms with Crippen LogP contribution >= 0.6 is 0 Å². The lowest BCUT2D eigenvalue weighted by Gasteiger charge is -2.36. The quantitative estimate of drug-likeness (QED) is 0.599. The number of amides is 2. The van der Waals surface area contributed by atoms with Gasteiger partial charge in [-0.3, -0.25) is 9.69 Å². The Balaban J connectivity index is 1.22. The van der Waals surface area contributed by atoms with Gasteiger partial charge in [0.25, 0.3) is 5.91 Å². The molecule has 5 rings (SSSR count). The van der Waals surface area contributed by atoms with Gasteiger partial charge in [0.05, 0.1) is 36.9 Å². The van der Waals surface area contributed by atoms with Crippen LogP contribution in [-0.2, 0) is 11.3 Å². The van der Waals surface area contributed by atoms with Gasteiger partial charge in [0.1, 0.15) is 11.9 Å². The lowest BCUT2D eigenvalue weighted by atomic mass is 10.2. The highest BCUT2D eigenvalue weighted by atomic mass is 19.1. The molecule has 0 bridgehead atoms. The summed E-state index contributed by atoms with van der Waals surface area (Å²) < 4.78 is 27.1. The minimum atomic E-state index is -0.521. The summed E-state index contributed by atoms with van der Waals surface area (Å²) >= 11 is 0. The van der Waals surface area contributed by atoms with E-state index in [9.17, 15) is 14.0 Å². The number of benzene rings is 1. The molecule has 32 heavy (non-hydrogen) atoms. The first-order valence-electron chi connectivity index (χ1n) is 10.3. The smallest absolute Gasteiger partial charge is 0.414 e. The number of cyclic esters (lactones) is 1. The molecule has 166 valence electrons. The van der Waals surface area contributed by atoms with E-state index in [0.29, 0.717) is 56.4 Å². The average molecular weight is 440 g/mol. The van der Waals surface area contributed by atoms with Gasteiger partial charge < -0.3 is 19.0 Å². The van der Waals surface area contributed by atoms with E-state index in [1.165, 1.54) is 17.2 Å². The maximum Gasteiger partial charge on any atom is 0.414 e. The molecule has 2 amide bonds. The zero-order valence-electron chi connectivity index (χ0n) is 17.1. The molecule has 1 aromatic carbocycles. The molecule has 2 aliphatic heterocycles. The Bertz CT molecular complexity index is 1100. The lowest BCUT2D eigenvalue weighted by Crippen LogP contribution is -2.49. The van der Waals surface area contributed by atoms with E-state index in [2.05, 4.69) is 10.3 Å². The molecule has 4 heterocycles. The first-order valence-corrected chi connectivity index (χ1v) is 10.3. The molecule has 0 unspecified atom stereocenters. The number of anilines is 2. The zero-order chi connectivity index (χ0) is 22.1. The van der Waals surface area contributed by atoms with Gasteiger partial charge in [-0.15, -0.1) is 5.10 Å². The Morgan fingerprint density at radius 2 is 2.03 bits per heavy atom. The minimum Gasteiger partial charge on any atom is -0.459 e. The number of carbonyl (C=O) groups excluding carboxylic acids is 2. The van der Waals surface area contributed by atoms with E-state index in [1.807, 2.05) is 4.90 Å². The van der Waals surface area contributed by atoms with E-state index >= 15 is 0 Å². The molecule has 0 aliphatic carbocycles. The first-order chi connectivity index (χ1) is 15.6. The number of hydrogen-bond donors (Lipinski definition) is 0. The van der Waals surface area contributed by atoms with Crippen molar-refractivity contribution >= 4 is 23.4 Å². The Morgan fingerprint density at radius 3 is 2.72 bits per heavy atom. The summed E-state index contributed by atoms with van der Waals surface area (Å²) in [5.74, 6) is -0.298. The summed E-state index contributed by atoms with van der Waals surface area (Å²) in [5, 5.41) is 7.60. The van der Waals surface area contributed by atoms with Crippen LogP contribution < -0.4 is 9.80 Å². The molecule has 10 nitrogen and oxygen atoms in total. The SMILES string of the molecule is O=C(c1ccco1)N1CCN(c2ccc(N3C[C@H](Cn4ccnn4)OC3=O)cc2F)CC1. The Hall–Kier alpha value is -3.89. The molecule has 11 heteroatoms. The second kappa shape index (κ2) is 8.33. The Labute approximate surface area is 182 Å². The zero-order valence-corrected chi connectivity index (χ0v) is 17.1. The van der Waals surface area contributed by atoms with E-state index in [4.69, 9.17) is 9.15 Å². The van der Waals surface area contributed by atoms with Crippen LogP contribution in [0.1, 0.15) is 10.6 Å². The second-order valence-corrected chi connectivity index (χ2v) is 7.63. The highest BCUT2D eigenvalue weighted by molar-refractivity contribution is 5.91. The number of carbonyl (C=O) groups is 2. The van der Waals surface area contributed by atoms with Crippen LogP contribution in [0.2, 0.25) is 0 Å². The fourth-order valence-electron chi connectivity index (χ4n) is 3.99.